The number of carbonyl (C=O) groups excluding carboxylic acids is 3. The van der Waals surface area contributed by atoms with Crippen molar-refractivity contribution in [3.05, 3.63) is 89.5 Å². The maximum atomic E-state index is 13.8. The number of imide groups is 1. The van der Waals surface area contributed by atoms with Crippen LogP contribution in [0.25, 0.3) is 11.3 Å². The van der Waals surface area contributed by atoms with Crippen molar-refractivity contribution in [2.45, 2.75) is 13.3 Å². The van der Waals surface area contributed by atoms with Crippen molar-refractivity contribution in [3.63, 3.8) is 0 Å². The first-order valence-corrected chi connectivity index (χ1v) is 12.5. The number of carbonyl (C=O) groups is 3. The molecule has 0 unspecified atom stereocenters. The first-order chi connectivity index (χ1) is 18.2. The quantitative estimate of drug-likeness (QED) is 0.458. The monoisotopic (exact) mass is 511 g/mol. The smallest absolute Gasteiger partial charge is 0.328 e. The average Bonchev–Trinajstić information content (AvgIpc) is 3.21. The molecule has 0 saturated heterocycles. The second-order valence-corrected chi connectivity index (χ2v) is 9.38. The van der Waals surface area contributed by atoms with Gasteiger partial charge in [0, 0.05) is 31.0 Å². The summed E-state index contributed by atoms with van der Waals surface area (Å²) < 4.78 is 0. The van der Waals surface area contributed by atoms with Gasteiger partial charge in [0.2, 0.25) is 5.91 Å². The highest BCUT2D eigenvalue weighted by Gasteiger charge is 2.39. The Labute approximate surface area is 223 Å². The minimum atomic E-state index is -0.485. The van der Waals surface area contributed by atoms with Crippen LogP contribution in [0.3, 0.4) is 0 Å². The van der Waals surface area contributed by atoms with E-state index in [1.165, 1.54) is 11.9 Å². The molecule has 196 valence electrons. The standard InChI is InChI=1S/C30H33N5O3/c1-6-20-12-17-24-25(18-20)35(30(38)31-2)29(37)27(24)28(21-10-8-7-9-11-21)32-22-13-15-23(16-14-22)34(5)26(36)19-33(3)4/h7-18,32H,6,19H2,1-5H3,(H,31,38). The van der Waals surface area contributed by atoms with E-state index >= 15 is 0 Å². The van der Waals surface area contributed by atoms with Crippen molar-refractivity contribution in [1.29, 1.82) is 0 Å². The highest BCUT2D eigenvalue weighted by molar-refractivity contribution is 6.43. The lowest BCUT2D eigenvalue weighted by Crippen LogP contribution is -2.40. The minimum Gasteiger partial charge on any atom is -0.354 e. The Hall–Kier alpha value is -4.43. The second kappa shape index (κ2) is 11.3. The van der Waals surface area contributed by atoms with Crippen LogP contribution in [0.4, 0.5) is 21.9 Å². The zero-order valence-electron chi connectivity index (χ0n) is 22.4. The number of rotatable bonds is 7. The fraction of sp³-hybridized carbons (Fsp3) is 0.233. The van der Waals surface area contributed by atoms with E-state index in [0.29, 0.717) is 29.1 Å². The highest BCUT2D eigenvalue weighted by atomic mass is 16.2. The maximum Gasteiger partial charge on any atom is 0.328 e. The molecule has 2 N–H and O–H groups in total. The van der Waals surface area contributed by atoms with Crippen molar-refractivity contribution >= 4 is 46.2 Å². The Balaban J connectivity index is 1.79. The van der Waals surface area contributed by atoms with Gasteiger partial charge in [0.25, 0.3) is 5.91 Å². The zero-order valence-corrected chi connectivity index (χ0v) is 22.4. The van der Waals surface area contributed by atoms with Crippen LogP contribution in [-0.2, 0) is 16.0 Å². The van der Waals surface area contributed by atoms with Gasteiger partial charge in [-0.15, -0.1) is 0 Å². The summed E-state index contributed by atoms with van der Waals surface area (Å²) in [6, 6.07) is 22.3. The van der Waals surface area contributed by atoms with Crippen molar-refractivity contribution in [3.8, 4) is 0 Å². The molecule has 3 aromatic rings. The number of urea groups is 1. The van der Waals surface area contributed by atoms with Gasteiger partial charge in [-0.1, -0.05) is 49.4 Å². The Morgan fingerprint density at radius 2 is 1.61 bits per heavy atom. The van der Waals surface area contributed by atoms with Gasteiger partial charge in [-0.3, -0.25) is 9.59 Å². The van der Waals surface area contributed by atoms with Gasteiger partial charge < -0.3 is 20.4 Å². The predicted molar refractivity (Wildman–Crippen MR) is 153 cm³/mol. The number of likely N-dealkylation sites (N-methyl/N-ethyl adjacent to an activating group) is 2. The Morgan fingerprint density at radius 3 is 2.21 bits per heavy atom. The van der Waals surface area contributed by atoms with E-state index in [9.17, 15) is 14.4 Å². The van der Waals surface area contributed by atoms with Gasteiger partial charge in [0.05, 0.1) is 23.5 Å². The number of nitrogens with one attached hydrogen (secondary N) is 2. The number of anilines is 3. The van der Waals surface area contributed by atoms with E-state index in [2.05, 4.69) is 10.6 Å². The molecule has 0 spiro atoms. The molecule has 0 bridgehead atoms. The SMILES string of the molecule is CCc1ccc2c(c1)N(C(=O)NC)C(=O)C2=C(Nc1ccc(N(C)C(=O)CN(C)C)cc1)c1ccccc1. The average molecular weight is 512 g/mol. The van der Waals surface area contributed by atoms with Crippen LogP contribution in [0.5, 0.6) is 0 Å². The van der Waals surface area contributed by atoms with Gasteiger partial charge in [-0.2, -0.15) is 0 Å². The summed E-state index contributed by atoms with van der Waals surface area (Å²) in [5.41, 5.74) is 5.61. The van der Waals surface area contributed by atoms with Crippen LogP contribution in [-0.4, -0.2) is 57.5 Å². The molecule has 8 nitrogen and oxygen atoms in total. The third-order valence-corrected chi connectivity index (χ3v) is 6.48. The lowest BCUT2D eigenvalue weighted by atomic mass is 9.98. The molecule has 1 heterocycles. The number of benzene rings is 3. The fourth-order valence-electron chi connectivity index (χ4n) is 4.40. The Kier molecular flexibility index (Phi) is 7.93. The number of nitrogens with zero attached hydrogens (tertiary/aromatic N) is 3. The van der Waals surface area contributed by atoms with E-state index in [-0.39, 0.29) is 5.91 Å². The summed E-state index contributed by atoms with van der Waals surface area (Å²) in [5, 5.41) is 6.02. The van der Waals surface area contributed by atoms with Gasteiger partial charge in [-0.05, 0) is 62.0 Å². The molecule has 38 heavy (non-hydrogen) atoms. The molecule has 0 radical (unpaired) electrons. The third-order valence-electron chi connectivity index (χ3n) is 6.48. The molecule has 0 saturated carbocycles. The summed E-state index contributed by atoms with van der Waals surface area (Å²) in [6.07, 6.45) is 0.781. The minimum absolute atomic E-state index is 0.0169. The third kappa shape index (κ3) is 5.31. The highest BCUT2D eigenvalue weighted by Crippen LogP contribution is 2.42. The number of fused-ring (bicyclic) bond motifs is 1. The summed E-state index contributed by atoms with van der Waals surface area (Å²) >= 11 is 0. The molecule has 0 atom stereocenters. The summed E-state index contributed by atoms with van der Waals surface area (Å²) in [5.74, 6) is -0.415. The molecule has 8 heteroatoms. The van der Waals surface area contributed by atoms with Crippen LogP contribution < -0.4 is 20.4 Å². The van der Waals surface area contributed by atoms with Crippen LogP contribution in [0.2, 0.25) is 0 Å². The van der Waals surface area contributed by atoms with E-state index in [4.69, 9.17) is 0 Å². The summed E-state index contributed by atoms with van der Waals surface area (Å²) in [7, 11) is 6.97. The normalized spacial score (nSPS) is 13.8. The van der Waals surface area contributed by atoms with Gasteiger partial charge in [0.1, 0.15) is 0 Å². The van der Waals surface area contributed by atoms with Gasteiger partial charge in [-0.25, -0.2) is 9.69 Å². The van der Waals surface area contributed by atoms with Crippen LogP contribution in [0.15, 0.2) is 72.8 Å². The second-order valence-electron chi connectivity index (χ2n) is 9.38. The van der Waals surface area contributed by atoms with E-state index in [0.717, 1.165) is 28.9 Å². The lowest BCUT2D eigenvalue weighted by molar-refractivity contribution is -0.119. The molecule has 1 aliphatic rings. The van der Waals surface area contributed by atoms with E-state index in [1.807, 2.05) is 98.7 Å². The summed E-state index contributed by atoms with van der Waals surface area (Å²) in [4.78, 5) is 43.7. The molecule has 0 fully saturated rings. The van der Waals surface area contributed by atoms with Gasteiger partial charge in [0.15, 0.2) is 0 Å². The van der Waals surface area contributed by atoms with Crippen molar-refractivity contribution in [2.75, 3.05) is 49.9 Å². The first kappa shape index (κ1) is 26.6. The number of hydrogen-bond donors (Lipinski definition) is 2. The molecule has 3 aromatic carbocycles. The van der Waals surface area contributed by atoms with E-state index < -0.39 is 11.9 Å². The number of amides is 4. The van der Waals surface area contributed by atoms with Crippen LogP contribution in [0.1, 0.15) is 23.6 Å². The Bertz CT molecular complexity index is 1380. The topological polar surface area (TPSA) is 85.0 Å². The molecular formula is C30H33N5O3. The van der Waals surface area contributed by atoms with Crippen molar-refractivity contribution in [1.82, 2.24) is 10.2 Å². The van der Waals surface area contributed by atoms with Crippen molar-refractivity contribution < 1.29 is 14.4 Å². The summed E-state index contributed by atoms with van der Waals surface area (Å²) in [6.45, 7) is 2.34. The Morgan fingerprint density at radius 1 is 0.921 bits per heavy atom. The van der Waals surface area contributed by atoms with Gasteiger partial charge >= 0.3 is 6.03 Å². The van der Waals surface area contributed by atoms with Crippen LogP contribution in [0, 0.1) is 0 Å². The fourth-order valence-corrected chi connectivity index (χ4v) is 4.40. The molecule has 0 aliphatic carbocycles. The van der Waals surface area contributed by atoms with E-state index in [1.54, 1.807) is 11.9 Å². The molecular weight excluding hydrogens is 478 g/mol. The van der Waals surface area contributed by atoms with Crippen molar-refractivity contribution in [2.24, 2.45) is 0 Å². The molecule has 4 amide bonds. The zero-order chi connectivity index (χ0) is 27.4. The first-order valence-electron chi connectivity index (χ1n) is 12.5. The van der Waals surface area contributed by atoms with Crippen LogP contribution >= 0.6 is 0 Å². The lowest BCUT2D eigenvalue weighted by Gasteiger charge is -2.20. The number of hydrogen-bond acceptors (Lipinski definition) is 5. The predicted octanol–water partition coefficient (Wildman–Crippen LogP) is 4.44. The molecule has 4 rings (SSSR count). The maximum absolute atomic E-state index is 13.8. The molecule has 1 aliphatic heterocycles. The molecule has 0 aromatic heterocycles. The number of aryl methyl sites for hydroxylation is 1. The largest absolute Gasteiger partial charge is 0.354 e.